The first kappa shape index (κ1) is 24.1. The van der Waals surface area contributed by atoms with E-state index < -0.39 is 30.1 Å². The summed E-state index contributed by atoms with van der Waals surface area (Å²) < 4.78 is 61.9. The molecular formula is C25H25BF3NO4. The largest absolute Gasteiger partial charge is 0.498 e. The standard InChI is InChI=1S/C25H25BF3NO4/c1-23(2)24(3,4)34-26(33-23)20-7-5-6-8-21(20)31-16-17-9-12-19(13-10-17)32-22-14-11-18(15-30-22)25(27,28)29/h5-15H,16H2,1-4H3. The van der Waals surface area contributed by atoms with Gasteiger partial charge in [-0.25, -0.2) is 4.98 Å². The normalized spacial score (nSPS) is 17.0. The number of alkyl halides is 3. The Morgan fingerprint density at radius 3 is 2.12 bits per heavy atom. The van der Waals surface area contributed by atoms with E-state index in [4.69, 9.17) is 18.8 Å². The van der Waals surface area contributed by atoms with Crippen molar-refractivity contribution in [2.24, 2.45) is 0 Å². The van der Waals surface area contributed by atoms with Crippen LogP contribution in [0.4, 0.5) is 13.2 Å². The molecule has 0 unspecified atom stereocenters. The van der Waals surface area contributed by atoms with Crippen molar-refractivity contribution in [2.45, 2.75) is 51.7 Å². The number of para-hydroxylation sites is 1. The van der Waals surface area contributed by atoms with Gasteiger partial charge < -0.3 is 18.8 Å². The van der Waals surface area contributed by atoms with E-state index in [1.807, 2.05) is 64.1 Å². The molecule has 0 amide bonds. The van der Waals surface area contributed by atoms with Crippen LogP contribution >= 0.6 is 0 Å². The van der Waals surface area contributed by atoms with Crippen LogP contribution in [0.5, 0.6) is 17.4 Å². The SMILES string of the molecule is CC1(C)OB(c2ccccc2OCc2ccc(Oc3ccc(C(F)(F)F)cn3)cc2)OC1(C)C. The highest BCUT2D eigenvalue weighted by Crippen LogP contribution is 2.37. The minimum atomic E-state index is -4.44. The van der Waals surface area contributed by atoms with Crippen molar-refractivity contribution in [2.75, 3.05) is 0 Å². The number of aromatic nitrogens is 1. The molecule has 34 heavy (non-hydrogen) atoms. The zero-order chi connectivity index (χ0) is 24.6. The summed E-state index contributed by atoms with van der Waals surface area (Å²) in [4.78, 5) is 3.72. The Labute approximate surface area is 197 Å². The Hall–Kier alpha value is -3.04. The molecule has 0 bridgehead atoms. The third-order valence-corrected chi connectivity index (χ3v) is 6.03. The molecule has 5 nitrogen and oxygen atoms in total. The molecule has 0 atom stereocenters. The Morgan fingerprint density at radius 2 is 1.53 bits per heavy atom. The van der Waals surface area contributed by atoms with Gasteiger partial charge >= 0.3 is 13.3 Å². The van der Waals surface area contributed by atoms with Gasteiger partial charge in [0.25, 0.3) is 0 Å². The highest BCUT2D eigenvalue weighted by molar-refractivity contribution is 6.63. The molecule has 1 aliphatic heterocycles. The second-order valence-corrected chi connectivity index (χ2v) is 9.04. The summed E-state index contributed by atoms with van der Waals surface area (Å²) in [6.45, 7) is 8.30. The van der Waals surface area contributed by atoms with Gasteiger partial charge in [0.05, 0.1) is 16.8 Å². The number of hydrogen-bond acceptors (Lipinski definition) is 5. The Bertz CT molecular complexity index is 1120. The van der Waals surface area contributed by atoms with Crippen molar-refractivity contribution in [3.8, 4) is 17.4 Å². The van der Waals surface area contributed by atoms with Crippen LogP contribution < -0.4 is 14.9 Å². The molecule has 1 aromatic heterocycles. The number of nitrogens with zero attached hydrogens (tertiary/aromatic N) is 1. The summed E-state index contributed by atoms with van der Waals surface area (Å²) in [5, 5.41) is 0. The number of ether oxygens (including phenoxy) is 2. The number of hydrogen-bond donors (Lipinski definition) is 0. The second kappa shape index (κ2) is 8.96. The predicted molar refractivity (Wildman–Crippen MR) is 122 cm³/mol. The molecule has 178 valence electrons. The third-order valence-electron chi connectivity index (χ3n) is 6.03. The summed E-state index contributed by atoms with van der Waals surface area (Å²) in [7, 11) is -0.534. The van der Waals surface area contributed by atoms with Crippen molar-refractivity contribution in [1.82, 2.24) is 4.98 Å². The van der Waals surface area contributed by atoms with Crippen molar-refractivity contribution >= 4 is 12.6 Å². The minimum absolute atomic E-state index is 0.0772. The van der Waals surface area contributed by atoms with Gasteiger partial charge in [-0.2, -0.15) is 13.2 Å². The topological polar surface area (TPSA) is 49.8 Å². The van der Waals surface area contributed by atoms with Gasteiger partial charge in [-0.3, -0.25) is 0 Å². The quantitative estimate of drug-likeness (QED) is 0.428. The summed E-state index contributed by atoms with van der Waals surface area (Å²) >= 11 is 0. The lowest BCUT2D eigenvalue weighted by molar-refractivity contribution is -0.137. The summed E-state index contributed by atoms with van der Waals surface area (Å²) in [5.74, 6) is 1.19. The fraction of sp³-hybridized carbons (Fsp3) is 0.320. The molecule has 0 aliphatic carbocycles. The maximum atomic E-state index is 12.7. The van der Waals surface area contributed by atoms with Crippen molar-refractivity contribution in [3.63, 3.8) is 0 Å². The van der Waals surface area contributed by atoms with Gasteiger partial charge in [0.15, 0.2) is 0 Å². The van der Waals surface area contributed by atoms with E-state index in [1.165, 1.54) is 6.07 Å². The highest BCUT2D eigenvalue weighted by Gasteiger charge is 2.52. The molecule has 2 aromatic carbocycles. The lowest BCUT2D eigenvalue weighted by atomic mass is 9.78. The molecule has 3 aromatic rings. The van der Waals surface area contributed by atoms with E-state index in [0.717, 1.165) is 23.3 Å². The van der Waals surface area contributed by atoms with Gasteiger partial charge in [0, 0.05) is 17.7 Å². The van der Waals surface area contributed by atoms with E-state index in [2.05, 4.69) is 4.98 Å². The molecule has 1 fully saturated rings. The number of pyridine rings is 1. The van der Waals surface area contributed by atoms with Gasteiger partial charge in [0.1, 0.15) is 18.1 Å². The van der Waals surface area contributed by atoms with Crippen molar-refractivity contribution in [1.29, 1.82) is 0 Å². The van der Waals surface area contributed by atoms with Crippen LogP contribution in [-0.4, -0.2) is 23.3 Å². The van der Waals surface area contributed by atoms with Crippen LogP contribution in [0.2, 0.25) is 0 Å². The van der Waals surface area contributed by atoms with E-state index in [1.54, 1.807) is 12.1 Å². The Morgan fingerprint density at radius 1 is 0.882 bits per heavy atom. The molecule has 9 heteroatoms. The van der Waals surface area contributed by atoms with Crippen LogP contribution in [0.3, 0.4) is 0 Å². The zero-order valence-electron chi connectivity index (χ0n) is 19.3. The van der Waals surface area contributed by atoms with E-state index in [0.29, 0.717) is 18.1 Å². The summed E-state index contributed by atoms with van der Waals surface area (Å²) in [5.41, 5.74) is -0.0375. The first-order chi connectivity index (χ1) is 15.9. The Kier molecular flexibility index (Phi) is 6.35. The molecule has 2 heterocycles. The van der Waals surface area contributed by atoms with Crippen molar-refractivity contribution in [3.05, 3.63) is 78.0 Å². The van der Waals surface area contributed by atoms with Crippen LogP contribution in [0.15, 0.2) is 66.9 Å². The molecule has 4 rings (SSSR count). The van der Waals surface area contributed by atoms with E-state index in [-0.39, 0.29) is 5.88 Å². The molecule has 0 N–H and O–H groups in total. The first-order valence-electron chi connectivity index (χ1n) is 10.8. The first-order valence-corrected chi connectivity index (χ1v) is 10.8. The van der Waals surface area contributed by atoms with Gasteiger partial charge in [-0.15, -0.1) is 0 Å². The summed E-state index contributed by atoms with van der Waals surface area (Å²) in [6, 6.07) is 16.8. The number of rotatable bonds is 6. The van der Waals surface area contributed by atoms with Gasteiger partial charge in [-0.1, -0.05) is 30.3 Å². The predicted octanol–water partition coefficient (Wildman–Crippen LogP) is 5.77. The second-order valence-electron chi connectivity index (χ2n) is 9.04. The molecule has 1 aliphatic rings. The maximum Gasteiger partial charge on any atom is 0.498 e. The average Bonchev–Trinajstić information content (AvgIpc) is 3.00. The average molecular weight is 471 g/mol. The highest BCUT2D eigenvalue weighted by atomic mass is 19.4. The van der Waals surface area contributed by atoms with E-state index >= 15 is 0 Å². The third kappa shape index (κ3) is 5.21. The number of halogens is 3. The monoisotopic (exact) mass is 471 g/mol. The fourth-order valence-electron chi connectivity index (χ4n) is 3.32. The van der Waals surface area contributed by atoms with E-state index in [9.17, 15) is 13.2 Å². The molecule has 0 spiro atoms. The number of benzene rings is 2. The molecule has 0 radical (unpaired) electrons. The smallest absolute Gasteiger partial charge is 0.489 e. The summed E-state index contributed by atoms with van der Waals surface area (Å²) in [6.07, 6.45) is -3.69. The molecular weight excluding hydrogens is 446 g/mol. The van der Waals surface area contributed by atoms with Crippen LogP contribution in [0.1, 0.15) is 38.8 Å². The van der Waals surface area contributed by atoms with Crippen molar-refractivity contribution < 1.29 is 32.0 Å². The van der Waals surface area contributed by atoms with Crippen LogP contribution in [0.25, 0.3) is 0 Å². The van der Waals surface area contributed by atoms with Crippen LogP contribution in [0, 0.1) is 0 Å². The molecule has 0 saturated carbocycles. The molecule has 1 saturated heterocycles. The maximum absolute atomic E-state index is 12.7. The lowest BCUT2D eigenvalue weighted by Crippen LogP contribution is -2.41. The zero-order valence-corrected chi connectivity index (χ0v) is 19.3. The van der Waals surface area contributed by atoms with Gasteiger partial charge in [0.2, 0.25) is 5.88 Å². The fourth-order valence-corrected chi connectivity index (χ4v) is 3.32. The van der Waals surface area contributed by atoms with Crippen LogP contribution in [-0.2, 0) is 22.1 Å². The Balaban J connectivity index is 1.39. The van der Waals surface area contributed by atoms with Gasteiger partial charge in [-0.05, 0) is 57.5 Å². The minimum Gasteiger partial charge on any atom is -0.489 e. The lowest BCUT2D eigenvalue weighted by Gasteiger charge is -2.32.